The summed E-state index contributed by atoms with van der Waals surface area (Å²) in [6, 6.07) is 14.8. The summed E-state index contributed by atoms with van der Waals surface area (Å²) < 4.78 is 5.10. The molecular formula is C18H15NO4. The number of hydrogen-bond donors (Lipinski definition) is 3. The maximum absolute atomic E-state index is 12.0. The maximum atomic E-state index is 12.0. The fraction of sp³-hybridized carbons (Fsp3) is 0.0556. The monoisotopic (exact) mass is 309 g/mol. The molecule has 0 saturated carbocycles. The Bertz CT molecular complexity index is 898. The van der Waals surface area contributed by atoms with Crippen LogP contribution in [0.4, 0.5) is 0 Å². The molecule has 0 aliphatic carbocycles. The van der Waals surface area contributed by atoms with E-state index < -0.39 is 0 Å². The highest BCUT2D eigenvalue weighted by Crippen LogP contribution is 2.31. The molecule has 0 fully saturated rings. The summed E-state index contributed by atoms with van der Waals surface area (Å²) in [6.07, 6.45) is 0. The first-order valence-corrected chi connectivity index (χ1v) is 6.98. The smallest absolute Gasteiger partial charge is 0.249 e. The quantitative estimate of drug-likeness (QED) is 0.694. The van der Waals surface area contributed by atoms with Gasteiger partial charge in [-0.05, 0) is 47.5 Å². The van der Waals surface area contributed by atoms with E-state index in [1.54, 1.807) is 36.4 Å². The molecule has 23 heavy (non-hydrogen) atoms. The zero-order valence-corrected chi connectivity index (χ0v) is 12.4. The number of benzene rings is 2. The van der Waals surface area contributed by atoms with E-state index in [1.807, 2.05) is 6.07 Å². The maximum Gasteiger partial charge on any atom is 0.249 e. The van der Waals surface area contributed by atoms with Gasteiger partial charge >= 0.3 is 0 Å². The van der Waals surface area contributed by atoms with E-state index in [4.69, 9.17) is 4.74 Å². The van der Waals surface area contributed by atoms with Crippen LogP contribution >= 0.6 is 0 Å². The molecular weight excluding hydrogens is 294 g/mol. The molecule has 0 amide bonds. The second-order valence-electron chi connectivity index (χ2n) is 5.08. The summed E-state index contributed by atoms with van der Waals surface area (Å²) in [5.74, 6) is 0.536. The van der Waals surface area contributed by atoms with Crippen molar-refractivity contribution in [3.8, 4) is 39.6 Å². The van der Waals surface area contributed by atoms with Crippen molar-refractivity contribution < 1.29 is 14.9 Å². The van der Waals surface area contributed by atoms with Gasteiger partial charge in [-0.3, -0.25) is 4.79 Å². The van der Waals surface area contributed by atoms with Crippen LogP contribution in [0.15, 0.2) is 59.4 Å². The molecule has 3 aromatic rings. The Morgan fingerprint density at radius 1 is 0.870 bits per heavy atom. The van der Waals surface area contributed by atoms with Gasteiger partial charge in [-0.15, -0.1) is 0 Å². The van der Waals surface area contributed by atoms with Gasteiger partial charge in [-0.2, -0.15) is 0 Å². The fourth-order valence-electron chi connectivity index (χ4n) is 2.36. The minimum Gasteiger partial charge on any atom is -0.508 e. The molecule has 5 nitrogen and oxygen atoms in total. The number of pyridine rings is 1. The molecule has 2 aromatic carbocycles. The molecule has 5 heteroatoms. The molecule has 0 spiro atoms. The van der Waals surface area contributed by atoms with E-state index >= 15 is 0 Å². The van der Waals surface area contributed by atoms with Crippen molar-refractivity contribution in [2.45, 2.75) is 0 Å². The summed E-state index contributed by atoms with van der Waals surface area (Å²) in [6.45, 7) is 0. The van der Waals surface area contributed by atoms with Crippen molar-refractivity contribution in [3.05, 3.63) is 65.0 Å². The second kappa shape index (κ2) is 5.88. The molecule has 0 atom stereocenters. The molecule has 0 unspecified atom stereocenters. The predicted molar refractivity (Wildman–Crippen MR) is 87.8 cm³/mol. The third kappa shape index (κ3) is 3.03. The van der Waals surface area contributed by atoms with Crippen molar-refractivity contribution >= 4 is 0 Å². The minimum absolute atomic E-state index is 0.0355. The molecule has 1 heterocycles. The van der Waals surface area contributed by atoms with Gasteiger partial charge in [0, 0.05) is 17.3 Å². The van der Waals surface area contributed by atoms with Crippen LogP contribution < -0.4 is 10.3 Å². The average Bonchev–Trinajstić information content (AvgIpc) is 2.55. The molecule has 0 aliphatic heterocycles. The number of rotatable bonds is 3. The Balaban J connectivity index is 2.11. The lowest BCUT2D eigenvalue weighted by molar-refractivity contribution is 0.373. The van der Waals surface area contributed by atoms with Crippen LogP contribution in [0.3, 0.4) is 0 Å². The molecule has 1 aromatic heterocycles. The SMILES string of the molecule is COc1cc(-c2cc(-c3ccc(O)cc3)cc(=O)[nH]2)ccc1O. The number of hydrogen-bond acceptors (Lipinski definition) is 4. The topological polar surface area (TPSA) is 82.5 Å². The number of nitrogens with one attached hydrogen (secondary N) is 1. The molecule has 116 valence electrons. The first kappa shape index (κ1) is 14.7. The van der Waals surface area contributed by atoms with Crippen molar-refractivity contribution in [2.75, 3.05) is 7.11 Å². The van der Waals surface area contributed by atoms with Crippen LogP contribution in [0.25, 0.3) is 22.4 Å². The van der Waals surface area contributed by atoms with Crippen LogP contribution in [-0.4, -0.2) is 22.3 Å². The van der Waals surface area contributed by atoms with E-state index in [-0.39, 0.29) is 17.1 Å². The largest absolute Gasteiger partial charge is 0.508 e. The van der Waals surface area contributed by atoms with Gasteiger partial charge in [0.25, 0.3) is 0 Å². The number of aromatic nitrogens is 1. The van der Waals surface area contributed by atoms with Gasteiger partial charge in [0.2, 0.25) is 5.56 Å². The van der Waals surface area contributed by atoms with Crippen molar-refractivity contribution in [1.82, 2.24) is 4.98 Å². The van der Waals surface area contributed by atoms with Gasteiger partial charge < -0.3 is 19.9 Å². The highest BCUT2D eigenvalue weighted by Gasteiger charge is 2.08. The first-order valence-electron chi connectivity index (χ1n) is 6.98. The van der Waals surface area contributed by atoms with Crippen LogP contribution in [0.2, 0.25) is 0 Å². The van der Waals surface area contributed by atoms with Crippen LogP contribution in [-0.2, 0) is 0 Å². The zero-order valence-electron chi connectivity index (χ0n) is 12.4. The second-order valence-corrected chi connectivity index (χ2v) is 5.08. The highest BCUT2D eigenvalue weighted by molar-refractivity contribution is 5.71. The molecule has 3 rings (SSSR count). The van der Waals surface area contributed by atoms with Crippen molar-refractivity contribution in [3.63, 3.8) is 0 Å². The van der Waals surface area contributed by atoms with Gasteiger partial charge in [-0.25, -0.2) is 0 Å². The number of aromatic amines is 1. The summed E-state index contributed by atoms with van der Waals surface area (Å²) in [5.41, 5.74) is 2.64. The number of methoxy groups -OCH3 is 1. The van der Waals surface area contributed by atoms with Crippen LogP contribution in [0.5, 0.6) is 17.2 Å². The van der Waals surface area contributed by atoms with E-state index in [0.717, 1.165) is 16.7 Å². The van der Waals surface area contributed by atoms with Crippen molar-refractivity contribution in [2.24, 2.45) is 0 Å². The zero-order chi connectivity index (χ0) is 16.4. The summed E-state index contributed by atoms with van der Waals surface area (Å²) >= 11 is 0. The lowest BCUT2D eigenvalue weighted by Gasteiger charge is -2.09. The first-order chi connectivity index (χ1) is 11.1. The third-order valence-electron chi connectivity index (χ3n) is 3.54. The summed E-state index contributed by atoms with van der Waals surface area (Å²) in [7, 11) is 1.47. The molecule has 3 N–H and O–H groups in total. The van der Waals surface area contributed by atoms with Gasteiger partial charge in [0.1, 0.15) is 5.75 Å². The summed E-state index contributed by atoms with van der Waals surface area (Å²) in [4.78, 5) is 14.7. The number of aromatic hydroxyl groups is 2. The highest BCUT2D eigenvalue weighted by atomic mass is 16.5. The van der Waals surface area contributed by atoms with E-state index in [2.05, 4.69) is 4.98 Å². The Morgan fingerprint density at radius 3 is 2.26 bits per heavy atom. The third-order valence-corrected chi connectivity index (χ3v) is 3.54. The summed E-state index contributed by atoms with van der Waals surface area (Å²) in [5, 5.41) is 19.0. The van der Waals surface area contributed by atoms with E-state index in [1.165, 1.54) is 19.2 Å². The van der Waals surface area contributed by atoms with Gasteiger partial charge in [0.05, 0.1) is 7.11 Å². The Kier molecular flexibility index (Phi) is 3.76. The molecule has 0 saturated heterocycles. The van der Waals surface area contributed by atoms with Crippen LogP contribution in [0.1, 0.15) is 0 Å². The lowest BCUT2D eigenvalue weighted by Crippen LogP contribution is -2.05. The predicted octanol–water partition coefficient (Wildman–Crippen LogP) is 3.13. The Labute approximate surface area is 132 Å². The molecule has 0 radical (unpaired) electrons. The normalized spacial score (nSPS) is 10.5. The van der Waals surface area contributed by atoms with E-state index in [0.29, 0.717) is 11.4 Å². The molecule has 0 bridgehead atoms. The van der Waals surface area contributed by atoms with Gasteiger partial charge in [0.15, 0.2) is 11.5 Å². The number of H-pyrrole nitrogens is 1. The number of ether oxygens (including phenoxy) is 1. The standard InChI is InChI=1S/C18H15NO4/c1-23-17-9-12(4-7-16(17)21)15-8-13(10-18(22)19-15)11-2-5-14(20)6-3-11/h2-10,20-21H,1H3,(H,19,22). The minimum atomic E-state index is -0.238. The van der Waals surface area contributed by atoms with Crippen LogP contribution in [0, 0.1) is 0 Å². The Morgan fingerprint density at radius 2 is 1.57 bits per heavy atom. The fourth-order valence-corrected chi connectivity index (χ4v) is 2.36. The molecule has 0 aliphatic rings. The van der Waals surface area contributed by atoms with E-state index in [9.17, 15) is 15.0 Å². The average molecular weight is 309 g/mol. The lowest BCUT2D eigenvalue weighted by atomic mass is 10.0. The number of phenols is 2. The Hall–Kier alpha value is -3.21. The number of phenolic OH excluding ortho intramolecular Hbond substituents is 2. The van der Waals surface area contributed by atoms with Crippen molar-refractivity contribution in [1.29, 1.82) is 0 Å². The van der Waals surface area contributed by atoms with Gasteiger partial charge in [-0.1, -0.05) is 12.1 Å².